The van der Waals surface area contributed by atoms with Crippen molar-refractivity contribution in [3.63, 3.8) is 0 Å². The Hall–Kier alpha value is -0.0800. The SMILES string of the molecule is CCCCCCCOO. The highest BCUT2D eigenvalue weighted by atomic mass is 17.1. The Labute approximate surface area is 56.8 Å². The first-order chi connectivity index (χ1) is 4.41. The summed E-state index contributed by atoms with van der Waals surface area (Å²) in [5.41, 5.74) is 0. The highest BCUT2D eigenvalue weighted by Crippen LogP contribution is 2.01. The zero-order valence-electron chi connectivity index (χ0n) is 6.10. The third-order valence-corrected chi connectivity index (χ3v) is 1.34. The molecule has 0 heterocycles. The predicted octanol–water partition coefficient (Wildman–Crippen LogP) is 2.45. The highest BCUT2D eigenvalue weighted by Gasteiger charge is 1.86. The topological polar surface area (TPSA) is 29.5 Å². The van der Waals surface area contributed by atoms with Crippen LogP contribution in [0, 0.1) is 0 Å². The Kier molecular flexibility index (Phi) is 7.85. The fourth-order valence-electron chi connectivity index (χ4n) is 0.770. The van der Waals surface area contributed by atoms with E-state index in [9.17, 15) is 0 Å². The third-order valence-electron chi connectivity index (χ3n) is 1.34. The van der Waals surface area contributed by atoms with Gasteiger partial charge in [0.15, 0.2) is 0 Å². The van der Waals surface area contributed by atoms with Gasteiger partial charge in [-0.25, -0.2) is 4.89 Å². The van der Waals surface area contributed by atoms with E-state index in [1.165, 1.54) is 25.7 Å². The zero-order chi connectivity index (χ0) is 6.95. The molecule has 0 saturated heterocycles. The maximum Gasteiger partial charge on any atom is 0.0819 e. The van der Waals surface area contributed by atoms with Gasteiger partial charge in [0, 0.05) is 0 Å². The molecule has 0 aliphatic carbocycles. The molecule has 0 saturated carbocycles. The largest absolute Gasteiger partial charge is 0.252 e. The molecule has 0 radical (unpaired) electrons. The molecule has 2 heteroatoms. The Morgan fingerprint density at radius 2 is 1.78 bits per heavy atom. The van der Waals surface area contributed by atoms with E-state index in [2.05, 4.69) is 11.8 Å². The Bertz CT molecular complexity index is 40.2. The zero-order valence-corrected chi connectivity index (χ0v) is 6.10. The van der Waals surface area contributed by atoms with Crippen LogP contribution in [0.4, 0.5) is 0 Å². The molecule has 2 nitrogen and oxygen atoms in total. The van der Waals surface area contributed by atoms with Crippen LogP contribution in [0.3, 0.4) is 0 Å². The molecule has 0 atom stereocenters. The van der Waals surface area contributed by atoms with Crippen molar-refractivity contribution in [2.45, 2.75) is 39.0 Å². The third kappa shape index (κ3) is 7.92. The molecule has 0 aliphatic heterocycles. The molecule has 9 heavy (non-hydrogen) atoms. The van der Waals surface area contributed by atoms with Crippen LogP contribution in [-0.2, 0) is 4.89 Å². The first-order valence-corrected chi connectivity index (χ1v) is 3.68. The summed E-state index contributed by atoms with van der Waals surface area (Å²) in [7, 11) is 0. The van der Waals surface area contributed by atoms with Crippen LogP contribution in [0.15, 0.2) is 0 Å². The first-order valence-electron chi connectivity index (χ1n) is 3.68. The molecule has 1 N–H and O–H groups in total. The number of hydrogen-bond acceptors (Lipinski definition) is 2. The van der Waals surface area contributed by atoms with Crippen LogP contribution in [0.5, 0.6) is 0 Å². The molecule has 0 fully saturated rings. The van der Waals surface area contributed by atoms with Crippen molar-refractivity contribution >= 4 is 0 Å². The van der Waals surface area contributed by atoms with Crippen LogP contribution in [-0.4, -0.2) is 11.9 Å². The van der Waals surface area contributed by atoms with E-state index in [0.717, 1.165) is 6.42 Å². The molecule has 0 rings (SSSR count). The quantitative estimate of drug-likeness (QED) is 0.341. The summed E-state index contributed by atoms with van der Waals surface area (Å²) in [5.74, 6) is 0. The second-order valence-electron chi connectivity index (χ2n) is 2.25. The van der Waals surface area contributed by atoms with Crippen molar-refractivity contribution in [2.75, 3.05) is 6.61 Å². The number of rotatable bonds is 6. The van der Waals surface area contributed by atoms with Gasteiger partial charge in [0.2, 0.25) is 0 Å². The summed E-state index contributed by atoms with van der Waals surface area (Å²) in [6, 6.07) is 0. The van der Waals surface area contributed by atoms with Crippen molar-refractivity contribution < 1.29 is 10.1 Å². The van der Waals surface area contributed by atoms with Gasteiger partial charge >= 0.3 is 0 Å². The van der Waals surface area contributed by atoms with Gasteiger partial charge in [0.25, 0.3) is 0 Å². The van der Waals surface area contributed by atoms with Crippen molar-refractivity contribution in [1.29, 1.82) is 0 Å². The van der Waals surface area contributed by atoms with Crippen molar-refractivity contribution in [3.8, 4) is 0 Å². The van der Waals surface area contributed by atoms with Gasteiger partial charge in [-0.2, -0.15) is 0 Å². The summed E-state index contributed by atoms with van der Waals surface area (Å²) >= 11 is 0. The Balaban J connectivity index is 2.60. The van der Waals surface area contributed by atoms with E-state index in [0.29, 0.717) is 6.61 Å². The van der Waals surface area contributed by atoms with Gasteiger partial charge in [-0.05, 0) is 6.42 Å². The minimum atomic E-state index is 0.490. The van der Waals surface area contributed by atoms with E-state index >= 15 is 0 Å². The lowest BCUT2D eigenvalue weighted by Gasteiger charge is -1.95. The molecule has 0 amide bonds. The van der Waals surface area contributed by atoms with E-state index in [1.807, 2.05) is 0 Å². The second-order valence-corrected chi connectivity index (χ2v) is 2.25. The minimum absolute atomic E-state index is 0.490. The maximum atomic E-state index is 7.92. The van der Waals surface area contributed by atoms with E-state index in [-0.39, 0.29) is 0 Å². The summed E-state index contributed by atoms with van der Waals surface area (Å²) in [4.78, 5) is 3.92. The first kappa shape index (κ1) is 8.92. The number of unbranched alkanes of at least 4 members (excludes halogenated alkanes) is 4. The van der Waals surface area contributed by atoms with Gasteiger partial charge in [-0.1, -0.05) is 32.6 Å². The molecule has 0 bridgehead atoms. The van der Waals surface area contributed by atoms with E-state index in [4.69, 9.17) is 5.26 Å². The Morgan fingerprint density at radius 3 is 2.33 bits per heavy atom. The summed E-state index contributed by atoms with van der Waals surface area (Å²) in [6.07, 6.45) is 5.98. The fourth-order valence-corrected chi connectivity index (χ4v) is 0.770. The molecule has 0 aliphatic rings. The van der Waals surface area contributed by atoms with Gasteiger partial charge in [0.1, 0.15) is 0 Å². The predicted molar refractivity (Wildman–Crippen MR) is 37.3 cm³/mol. The van der Waals surface area contributed by atoms with Crippen molar-refractivity contribution in [3.05, 3.63) is 0 Å². The van der Waals surface area contributed by atoms with Crippen molar-refractivity contribution in [1.82, 2.24) is 0 Å². The smallest absolute Gasteiger partial charge is 0.0819 e. The standard InChI is InChI=1S/C7H16O2/c1-2-3-4-5-6-7-9-8/h8H,2-7H2,1H3. The molecule has 0 spiro atoms. The lowest BCUT2D eigenvalue weighted by atomic mass is 10.2. The second kappa shape index (κ2) is 7.92. The summed E-state index contributed by atoms with van der Waals surface area (Å²) in [5, 5.41) is 7.92. The van der Waals surface area contributed by atoms with Crippen LogP contribution < -0.4 is 0 Å². The molecule has 0 aromatic heterocycles. The maximum absolute atomic E-state index is 7.92. The average Bonchev–Trinajstić information content (AvgIpc) is 1.89. The van der Waals surface area contributed by atoms with Crippen LogP contribution in [0.25, 0.3) is 0 Å². The summed E-state index contributed by atoms with van der Waals surface area (Å²) < 4.78 is 0. The van der Waals surface area contributed by atoms with Crippen molar-refractivity contribution in [2.24, 2.45) is 0 Å². The molecule has 0 aromatic rings. The van der Waals surface area contributed by atoms with E-state index < -0.39 is 0 Å². The van der Waals surface area contributed by atoms with Gasteiger partial charge in [-0.15, -0.1) is 0 Å². The molecular weight excluding hydrogens is 116 g/mol. The normalized spacial score (nSPS) is 10.0. The Morgan fingerprint density at radius 1 is 1.11 bits per heavy atom. The number of hydrogen-bond donors (Lipinski definition) is 1. The molecule has 0 unspecified atom stereocenters. The minimum Gasteiger partial charge on any atom is -0.252 e. The summed E-state index contributed by atoms with van der Waals surface area (Å²) in [6.45, 7) is 2.67. The fraction of sp³-hybridized carbons (Fsp3) is 1.00. The molecule has 0 aromatic carbocycles. The average molecular weight is 132 g/mol. The van der Waals surface area contributed by atoms with Gasteiger partial charge in [-0.3, -0.25) is 5.26 Å². The van der Waals surface area contributed by atoms with Gasteiger partial charge in [0.05, 0.1) is 6.61 Å². The molecular formula is C7H16O2. The lowest BCUT2D eigenvalue weighted by molar-refractivity contribution is -0.242. The lowest BCUT2D eigenvalue weighted by Crippen LogP contribution is -1.87. The van der Waals surface area contributed by atoms with Crippen LogP contribution in [0.2, 0.25) is 0 Å². The van der Waals surface area contributed by atoms with Gasteiger partial charge < -0.3 is 0 Å². The monoisotopic (exact) mass is 132 g/mol. The van der Waals surface area contributed by atoms with Crippen LogP contribution >= 0.6 is 0 Å². The highest BCUT2D eigenvalue weighted by molar-refractivity contribution is 4.39. The van der Waals surface area contributed by atoms with E-state index in [1.54, 1.807) is 0 Å². The van der Waals surface area contributed by atoms with Crippen LogP contribution in [0.1, 0.15) is 39.0 Å². The molecule has 56 valence electrons.